The van der Waals surface area contributed by atoms with E-state index < -0.39 is 5.97 Å². The third-order valence-electron chi connectivity index (χ3n) is 4.23. The predicted octanol–water partition coefficient (Wildman–Crippen LogP) is 5.51. The molecule has 0 atom stereocenters. The van der Waals surface area contributed by atoms with Crippen LogP contribution in [0.1, 0.15) is 16.7 Å². The number of hydrogen-bond donors (Lipinski definition) is 0. The number of esters is 1. The minimum atomic E-state index is -0.500. The monoisotopic (exact) mass is 451 g/mol. The fourth-order valence-electron chi connectivity index (χ4n) is 2.75. The molecule has 0 aromatic heterocycles. The number of benzene rings is 3. The molecule has 0 unspecified atom stereocenters. The Bertz CT molecular complexity index is 1120. The van der Waals surface area contributed by atoms with Crippen LogP contribution in [0.2, 0.25) is 0 Å². The Kier molecular flexibility index (Phi) is 5.53. The standard InChI is InChI=1S/C23H15BrFNO3/c24-18-6-3-5-16(13-18)22-26-21(23(27)29-22)12-15-8-10-19(11-9-15)28-14-17-4-1-2-7-20(17)25/h1-13H,14H2/b21-12-. The van der Waals surface area contributed by atoms with E-state index in [4.69, 9.17) is 9.47 Å². The maximum Gasteiger partial charge on any atom is 0.363 e. The van der Waals surface area contributed by atoms with Gasteiger partial charge in [-0.25, -0.2) is 14.2 Å². The van der Waals surface area contributed by atoms with Crippen molar-refractivity contribution in [3.05, 3.63) is 105 Å². The largest absolute Gasteiger partial charge is 0.489 e. The highest BCUT2D eigenvalue weighted by Crippen LogP contribution is 2.22. The van der Waals surface area contributed by atoms with Crippen LogP contribution in [0, 0.1) is 5.82 Å². The summed E-state index contributed by atoms with van der Waals surface area (Å²) in [5, 5.41) is 0. The second-order valence-electron chi connectivity index (χ2n) is 6.30. The summed E-state index contributed by atoms with van der Waals surface area (Å²) in [6.45, 7) is 0.139. The Labute approximate surface area is 175 Å². The Balaban J connectivity index is 1.47. The number of ether oxygens (including phenoxy) is 2. The number of halogens is 2. The van der Waals surface area contributed by atoms with Crippen molar-refractivity contribution >= 4 is 33.9 Å². The van der Waals surface area contributed by atoms with Crippen LogP contribution < -0.4 is 4.74 Å². The SMILES string of the molecule is O=C1OC(c2cccc(Br)c2)=N/C1=C\c1ccc(OCc2ccccc2F)cc1. The van der Waals surface area contributed by atoms with E-state index in [1.165, 1.54) is 6.07 Å². The first kappa shape index (κ1) is 19.1. The highest BCUT2D eigenvalue weighted by atomic mass is 79.9. The van der Waals surface area contributed by atoms with Gasteiger partial charge in [0.05, 0.1) is 0 Å². The van der Waals surface area contributed by atoms with Gasteiger partial charge >= 0.3 is 5.97 Å². The lowest BCUT2D eigenvalue weighted by Gasteiger charge is -2.07. The topological polar surface area (TPSA) is 47.9 Å². The molecule has 6 heteroatoms. The van der Waals surface area contributed by atoms with Crippen molar-refractivity contribution < 1.29 is 18.7 Å². The fourth-order valence-corrected chi connectivity index (χ4v) is 3.15. The van der Waals surface area contributed by atoms with Gasteiger partial charge in [-0.05, 0) is 48.0 Å². The van der Waals surface area contributed by atoms with Crippen molar-refractivity contribution in [2.24, 2.45) is 4.99 Å². The number of nitrogens with zero attached hydrogens (tertiary/aromatic N) is 1. The fraction of sp³-hybridized carbons (Fsp3) is 0.0435. The van der Waals surface area contributed by atoms with E-state index in [1.807, 2.05) is 24.3 Å². The van der Waals surface area contributed by atoms with Gasteiger partial charge in [0.25, 0.3) is 0 Å². The van der Waals surface area contributed by atoms with Gasteiger partial charge in [-0.3, -0.25) is 0 Å². The summed E-state index contributed by atoms with van der Waals surface area (Å²) < 4.78 is 25.4. The highest BCUT2D eigenvalue weighted by Gasteiger charge is 2.24. The molecule has 0 saturated carbocycles. The molecule has 29 heavy (non-hydrogen) atoms. The van der Waals surface area contributed by atoms with Crippen LogP contribution in [0.5, 0.6) is 5.75 Å². The van der Waals surface area contributed by atoms with E-state index >= 15 is 0 Å². The molecule has 0 bridgehead atoms. The molecule has 3 aromatic carbocycles. The first-order chi connectivity index (χ1) is 14.1. The Hall–Kier alpha value is -3.25. The average molecular weight is 452 g/mol. The van der Waals surface area contributed by atoms with Crippen LogP contribution in [-0.4, -0.2) is 11.9 Å². The molecule has 4 nitrogen and oxygen atoms in total. The van der Waals surface area contributed by atoms with E-state index in [0.29, 0.717) is 16.9 Å². The van der Waals surface area contributed by atoms with Crippen molar-refractivity contribution in [3.8, 4) is 5.75 Å². The van der Waals surface area contributed by atoms with Gasteiger partial charge in [0.2, 0.25) is 5.90 Å². The average Bonchev–Trinajstić information content (AvgIpc) is 3.09. The number of cyclic esters (lactones) is 1. The third kappa shape index (κ3) is 4.60. The number of aliphatic imine (C=N–C) groups is 1. The van der Waals surface area contributed by atoms with E-state index in [1.54, 1.807) is 48.5 Å². The van der Waals surface area contributed by atoms with E-state index in [2.05, 4.69) is 20.9 Å². The second-order valence-corrected chi connectivity index (χ2v) is 7.21. The van der Waals surface area contributed by atoms with Crippen molar-refractivity contribution in [2.75, 3.05) is 0 Å². The summed E-state index contributed by atoms with van der Waals surface area (Å²) in [6, 6.07) is 21.0. The van der Waals surface area contributed by atoms with Gasteiger partial charge in [0, 0.05) is 15.6 Å². The smallest absolute Gasteiger partial charge is 0.363 e. The maximum absolute atomic E-state index is 13.7. The lowest BCUT2D eigenvalue weighted by molar-refractivity contribution is -0.129. The minimum Gasteiger partial charge on any atom is -0.489 e. The van der Waals surface area contributed by atoms with E-state index in [9.17, 15) is 9.18 Å². The molecule has 0 amide bonds. The molecule has 0 saturated heterocycles. The highest BCUT2D eigenvalue weighted by molar-refractivity contribution is 9.10. The molecule has 3 aromatic rings. The first-order valence-corrected chi connectivity index (χ1v) is 9.62. The number of carbonyl (C=O) groups excluding carboxylic acids is 1. The van der Waals surface area contributed by atoms with Crippen molar-refractivity contribution in [1.82, 2.24) is 0 Å². The summed E-state index contributed by atoms with van der Waals surface area (Å²) >= 11 is 3.39. The molecule has 144 valence electrons. The molecule has 0 radical (unpaired) electrons. The predicted molar refractivity (Wildman–Crippen MR) is 112 cm³/mol. The van der Waals surface area contributed by atoms with Crippen LogP contribution in [0.4, 0.5) is 4.39 Å². The Morgan fingerprint density at radius 1 is 1.03 bits per heavy atom. The van der Waals surface area contributed by atoms with Crippen LogP contribution in [0.25, 0.3) is 6.08 Å². The van der Waals surface area contributed by atoms with Gasteiger partial charge in [-0.1, -0.05) is 52.3 Å². The molecule has 0 spiro atoms. The lowest BCUT2D eigenvalue weighted by atomic mass is 10.2. The molecule has 1 heterocycles. The molecular weight excluding hydrogens is 437 g/mol. The molecular formula is C23H15BrFNO3. The van der Waals surface area contributed by atoms with Crippen LogP contribution in [-0.2, 0) is 16.1 Å². The summed E-state index contributed by atoms with van der Waals surface area (Å²) in [5.74, 6) is 0.0719. The van der Waals surface area contributed by atoms with Gasteiger partial charge in [0.1, 0.15) is 18.2 Å². The molecule has 0 aliphatic carbocycles. The van der Waals surface area contributed by atoms with Crippen molar-refractivity contribution in [2.45, 2.75) is 6.61 Å². The molecule has 4 rings (SSSR count). The zero-order valence-electron chi connectivity index (χ0n) is 15.1. The molecule has 0 N–H and O–H groups in total. The second kappa shape index (κ2) is 8.41. The van der Waals surface area contributed by atoms with Gasteiger partial charge < -0.3 is 9.47 Å². The van der Waals surface area contributed by atoms with Gasteiger partial charge in [-0.2, -0.15) is 0 Å². The molecule has 1 aliphatic rings. The van der Waals surface area contributed by atoms with Gasteiger partial charge in [0.15, 0.2) is 5.70 Å². The summed E-state index contributed by atoms with van der Waals surface area (Å²) in [4.78, 5) is 16.4. The number of carbonyl (C=O) groups is 1. The summed E-state index contributed by atoms with van der Waals surface area (Å²) in [5.41, 5.74) is 2.20. The Morgan fingerprint density at radius 3 is 2.59 bits per heavy atom. The van der Waals surface area contributed by atoms with E-state index in [-0.39, 0.29) is 24.0 Å². The maximum atomic E-state index is 13.7. The van der Waals surface area contributed by atoms with Crippen LogP contribution >= 0.6 is 15.9 Å². The normalized spacial score (nSPS) is 14.6. The summed E-state index contributed by atoms with van der Waals surface area (Å²) in [7, 11) is 0. The zero-order valence-corrected chi connectivity index (χ0v) is 16.7. The zero-order chi connectivity index (χ0) is 20.2. The third-order valence-corrected chi connectivity index (χ3v) is 4.72. The van der Waals surface area contributed by atoms with Gasteiger partial charge in [-0.15, -0.1) is 0 Å². The quantitative estimate of drug-likeness (QED) is 0.379. The van der Waals surface area contributed by atoms with Crippen LogP contribution in [0.15, 0.2) is 88.0 Å². The lowest BCUT2D eigenvalue weighted by Crippen LogP contribution is -2.05. The minimum absolute atomic E-state index is 0.139. The van der Waals surface area contributed by atoms with Crippen molar-refractivity contribution in [1.29, 1.82) is 0 Å². The molecule has 0 fully saturated rings. The van der Waals surface area contributed by atoms with E-state index in [0.717, 1.165) is 10.0 Å². The summed E-state index contributed by atoms with van der Waals surface area (Å²) in [6.07, 6.45) is 1.65. The number of hydrogen-bond acceptors (Lipinski definition) is 4. The molecule has 1 aliphatic heterocycles. The Morgan fingerprint density at radius 2 is 1.83 bits per heavy atom. The van der Waals surface area contributed by atoms with Crippen molar-refractivity contribution in [3.63, 3.8) is 0 Å². The number of rotatable bonds is 5. The first-order valence-electron chi connectivity index (χ1n) is 8.83. The van der Waals surface area contributed by atoms with Crippen LogP contribution in [0.3, 0.4) is 0 Å².